The molecule has 1 N–H and O–H groups in total. The Bertz CT molecular complexity index is 408. The molecule has 0 heterocycles. The number of nitro benzene ring substituents is 1. The van der Waals surface area contributed by atoms with E-state index in [2.05, 4.69) is 11.2 Å². The van der Waals surface area contributed by atoms with Crippen LogP contribution in [-0.4, -0.2) is 11.5 Å². The SMILES string of the molecule is C#CCNCc1cccc([N+](=O)[O-])c1C. The first-order chi connectivity index (χ1) is 7.16. The first-order valence-corrected chi connectivity index (χ1v) is 4.54. The Kier molecular flexibility index (Phi) is 3.83. The van der Waals surface area contributed by atoms with Gasteiger partial charge in [-0.25, -0.2) is 0 Å². The van der Waals surface area contributed by atoms with Crippen molar-refractivity contribution in [3.63, 3.8) is 0 Å². The molecule has 1 aromatic carbocycles. The summed E-state index contributed by atoms with van der Waals surface area (Å²) in [6, 6.07) is 5.03. The topological polar surface area (TPSA) is 55.2 Å². The van der Waals surface area contributed by atoms with Crippen LogP contribution >= 0.6 is 0 Å². The third kappa shape index (κ3) is 2.79. The molecular formula is C11H12N2O2. The molecule has 0 saturated heterocycles. The maximum absolute atomic E-state index is 10.7. The zero-order chi connectivity index (χ0) is 11.3. The van der Waals surface area contributed by atoms with Gasteiger partial charge in [0.1, 0.15) is 0 Å². The quantitative estimate of drug-likeness (QED) is 0.351. The highest BCUT2D eigenvalue weighted by Gasteiger charge is 2.12. The van der Waals surface area contributed by atoms with Gasteiger partial charge in [0.25, 0.3) is 5.69 Å². The third-order valence-corrected chi connectivity index (χ3v) is 2.16. The predicted octanol–water partition coefficient (Wildman–Crippen LogP) is 1.63. The van der Waals surface area contributed by atoms with Crippen molar-refractivity contribution in [2.24, 2.45) is 0 Å². The normalized spacial score (nSPS) is 9.60. The smallest absolute Gasteiger partial charge is 0.272 e. The highest BCUT2D eigenvalue weighted by atomic mass is 16.6. The molecule has 0 fully saturated rings. The molecule has 0 atom stereocenters. The van der Waals surface area contributed by atoms with Crippen LogP contribution in [0.15, 0.2) is 18.2 Å². The average Bonchev–Trinajstić information content (AvgIpc) is 2.20. The van der Waals surface area contributed by atoms with Gasteiger partial charge in [-0.05, 0) is 12.5 Å². The summed E-state index contributed by atoms with van der Waals surface area (Å²) in [6.45, 7) is 2.75. The Hall–Kier alpha value is -1.86. The van der Waals surface area contributed by atoms with Crippen molar-refractivity contribution in [3.8, 4) is 12.3 Å². The molecule has 15 heavy (non-hydrogen) atoms. The van der Waals surface area contributed by atoms with E-state index in [4.69, 9.17) is 6.42 Å². The lowest BCUT2D eigenvalue weighted by Gasteiger charge is -2.05. The summed E-state index contributed by atoms with van der Waals surface area (Å²) in [7, 11) is 0. The first kappa shape index (κ1) is 11.2. The lowest BCUT2D eigenvalue weighted by Crippen LogP contribution is -2.14. The van der Waals surface area contributed by atoms with Crippen LogP contribution in [0.5, 0.6) is 0 Å². The summed E-state index contributed by atoms with van der Waals surface area (Å²) >= 11 is 0. The summed E-state index contributed by atoms with van der Waals surface area (Å²) in [5.74, 6) is 2.45. The fraction of sp³-hybridized carbons (Fsp3) is 0.273. The molecular weight excluding hydrogens is 192 g/mol. The molecule has 0 bridgehead atoms. The number of hydrogen-bond donors (Lipinski definition) is 1. The molecule has 4 heteroatoms. The Morgan fingerprint density at radius 2 is 2.33 bits per heavy atom. The molecule has 1 rings (SSSR count). The molecule has 1 aromatic rings. The van der Waals surface area contributed by atoms with Gasteiger partial charge in [-0.2, -0.15) is 0 Å². The van der Waals surface area contributed by atoms with Crippen molar-refractivity contribution in [2.75, 3.05) is 6.54 Å². The third-order valence-electron chi connectivity index (χ3n) is 2.16. The number of rotatable bonds is 4. The van der Waals surface area contributed by atoms with Crippen molar-refractivity contribution >= 4 is 5.69 Å². The van der Waals surface area contributed by atoms with Gasteiger partial charge >= 0.3 is 0 Å². The van der Waals surface area contributed by atoms with Gasteiger partial charge in [-0.15, -0.1) is 6.42 Å². The van der Waals surface area contributed by atoms with Gasteiger partial charge in [0.15, 0.2) is 0 Å². The van der Waals surface area contributed by atoms with E-state index in [9.17, 15) is 10.1 Å². The number of nitro groups is 1. The molecule has 0 aliphatic rings. The van der Waals surface area contributed by atoms with Gasteiger partial charge < -0.3 is 5.32 Å². The second-order valence-electron chi connectivity index (χ2n) is 3.13. The highest BCUT2D eigenvalue weighted by Crippen LogP contribution is 2.20. The van der Waals surface area contributed by atoms with Crippen LogP contribution in [0.2, 0.25) is 0 Å². The maximum Gasteiger partial charge on any atom is 0.272 e. The van der Waals surface area contributed by atoms with Gasteiger partial charge in [-0.1, -0.05) is 18.1 Å². The molecule has 0 amide bonds. The molecule has 4 nitrogen and oxygen atoms in total. The summed E-state index contributed by atoms with van der Waals surface area (Å²) < 4.78 is 0. The zero-order valence-corrected chi connectivity index (χ0v) is 8.49. The Morgan fingerprint density at radius 3 is 2.93 bits per heavy atom. The fourth-order valence-electron chi connectivity index (χ4n) is 1.33. The lowest BCUT2D eigenvalue weighted by molar-refractivity contribution is -0.385. The van der Waals surface area contributed by atoms with E-state index in [0.29, 0.717) is 18.7 Å². The zero-order valence-electron chi connectivity index (χ0n) is 8.49. The van der Waals surface area contributed by atoms with Crippen molar-refractivity contribution in [1.82, 2.24) is 5.32 Å². The van der Waals surface area contributed by atoms with Gasteiger partial charge in [0, 0.05) is 18.2 Å². The molecule has 0 unspecified atom stereocenters. The molecule has 78 valence electrons. The molecule has 0 saturated carbocycles. The predicted molar refractivity (Wildman–Crippen MR) is 58.4 cm³/mol. The molecule has 0 spiro atoms. The van der Waals surface area contributed by atoms with E-state index in [0.717, 1.165) is 5.56 Å². The average molecular weight is 204 g/mol. The second kappa shape index (κ2) is 5.13. The minimum absolute atomic E-state index is 0.148. The largest absolute Gasteiger partial charge is 0.302 e. The lowest BCUT2D eigenvalue weighted by atomic mass is 10.1. The van der Waals surface area contributed by atoms with Crippen LogP contribution in [0, 0.1) is 29.4 Å². The molecule has 0 aliphatic heterocycles. The van der Waals surface area contributed by atoms with Crippen LogP contribution in [0.3, 0.4) is 0 Å². The fourth-order valence-corrected chi connectivity index (χ4v) is 1.33. The number of nitrogens with one attached hydrogen (secondary N) is 1. The number of nitrogens with zero attached hydrogens (tertiary/aromatic N) is 1. The summed E-state index contributed by atoms with van der Waals surface area (Å²) in [5, 5.41) is 13.7. The minimum Gasteiger partial charge on any atom is -0.302 e. The van der Waals surface area contributed by atoms with Gasteiger partial charge in [-0.3, -0.25) is 10.1 Å². The summed E-state index contributed by atoms with van der Waals surface area (Å²) in [5.41, 5.74) is 1.74. The second-order valence-corrected chi connectivity index (χ2v) is 3.13. The monoisotopic (exact) mass is 204 g/mol. The first-order valence-electron chi connectivity index (χ1n) is 4.54. The van der Waals surface area contributed by atoms with Crippen LogP contribution in [0.25, 0.3) is 0 Å². The van der Waals surface area contributed by atoms with Crippen LogP contribution in [-0.2, 0) is 6.54 Å². The standard InChI is InChI=1S/C11H12N2O2/c1-3-7-12-8-10-5-4-6-11(9(10)2)13(14)15/h1,4-6,12H,7-8H2,2H3. The highest BCUT2D eigenvalue weighted by molar-refractivity contribution is 5.44. The van der Waals surface area contributed by atoms with E-state index >= 15 is 0 Å². The number of benzene rings is 1. The van der Waals surface area contributed by atoms with Gasteiger partial charge in [0.05, 0.1) is 11.5 Å². The Labute approximate surface area is 88.5 Å². The van der Waals surface area contributed by atoms with E-state index in [-0.39, 0.29) is 10.6 Å². The van der Waals surface area contributed by atoms with E-state index in [1.165, 1.54) is 6.07 Å². The minimum atomic E-state index is -0.375. The van der Waals surface area contributed by atoms with E-state index in [1.807, 2.05) is 6.07 Å². The van der Waals surface area contributed by atoms with Crippen LogP contribution < -0.4 is 5.32 Å². The Balaban J connectivity index is 2.86. The molecule has 0 radical (unpaired) electrons. The Morgan fingerprint density at radius 1 is 1.60 bits per heavy atom. The van der Waals surface area contributed by atoms with Crippen molar-refractivity contribution < 1.29 is 4.92 Å². The summed E-state index contributed by atoms with van der Waals surface area (Å²) in [4.78, 5) is 10.3. The van der Waals surface area contributed by atoms with E-state index in [1.54, 1.807) is 13.0 Å². The number of terminal acetylenes is 1. The summed E-state index contributed by atoms with van der Waals surface area (Å²) in [6.07, 6.45) is 5.09. The number of hydrogen-bond acceptors (Lipinski definition) is 3. The van der Waals surface area contributed by atoms with Gasteiger partial charge in [0.2, 0.25) is 0 Å². The van der Waals surface area contributed by atoms with Crippen molar-refractivity contribution in [1.29, 1.82) is 0 Å². The molecule has 0 aromatic heterocycles. The van der Waals surface area contributed by atoms with E-state index < -0.39 is 0 Å². The maximum atomic E-state index is 10.7. The van der Waals surface area contributed by atoms with Crippen LogP contribution in [0.4, 0.5) is 5.69 Å². The molecule has 0 aliphatic carbocycles. The van der Waals surface area contributed by atoms with Crippen molar-refractivity contribution in [2.45, 2.75) is 13.5 Å². The van der Waals surface area contributed by atoms with Crippen LogP contribution in [0.1, 0.15) is 11.1 Å². The van der Waals surface area contributed by atoms with Crippen molar-refractivity contribution in [3.05, 3.63) is 39.4 Å².